The predicted octanol–water partition coefficient (Wildman–Crippen LogP) is 4.83. The van der Waals surface area contributed by atoms with Gasteiger partial charge in [0.2, 0.25) is 0 Å². The molecular formula is C20H17NO2. The molecule has 1 heterocycles. The second-order valence-electron chi connectivity index (χ2n) is 5.08. The van der Waals surface area contributed by atoms with Gasteiger partial charge in [-0.25, -0.2) is 0 Å². The van der Waals surface area contributed by atoms with Crippen LogP contribution in [0.2, 0.25) is 0 Å². The summed E-state index contributed by atoms with van der Waals surface area (Å²) in [4.78, 5) is 13.4. The van der Waals surface area contributed by atoms with Gasteiger partial charge in [-0.05, 0) is 12.1 Å². The van der Waals surface area contributed by atoms with Crippen molar-refractivity contribution in [3.63, 3.8) is 0 Å². The third kappa shape index (κ3) is 3.09. The molecule has 1 N–H and O–H groups in total. The van der Waals surface area contributed by atoms with Gasteiger partial charge in [-0.1, -0.05) is 60.7 Å². The third-order valence-electron chi connectivity index (χ3n) is 3.66. The lowest BCUT2D eigenvalue weighted by atomic mass is 10.1. The summed E-state index contributed by atoms with van der Waals surface area (Å²) in [5, 5.41) is 2.45. The zero-order chi connectivity index (χ0) is 16.1. The SMILES string of the molecule is COc1cccc2c1[nH]c1ccccc12.O=Cc1ccccc1. The Morgan fingerprint density at radius 1 is 0.826 bits per heavy atom. The number of fused-ring (bicyclic) bond motifs is 3. The molecule has 0 aliphatic carbocycles. The highest BCUT2D eigenvalue weighted by atomic mass is 16.5. The Morgan fingerprint density at radius 2 is 1.52 bits per heavy atom. The highest BCUT2D eigenvalue weighted by Crippen LogP contribution is 2.30. The molecule has 0 unspecified atom stereocenters. The molecule has 4 rings (SSSR count). The van der Waals surface area contributed by atoms with E-state index >= 15 is 0 Å². The Bertz CT molecular complexity index is 926. The van der Waals surface area contributed by atoms with Crippen molar-refractivity contribution in [2.75, 3.05) is 7.11 Å². The number of rotatable bonds is 2. The van der Waals surface area contributed by atoms with Crippen molar-refractivity contribution in [3.8, 4) is 5.75 Å². The first-order chi connectivity index (χ1) is 11.3. The number of aromatic nitrogens is 1. The van der Waals surface area contributed by atoms with E-state index in [9.17, 15) is 4.79 Å². The zero-order valence-electron chi connectivity index (χ0n) is 12.8. The predicted molar refractivity (Wildman–Crippen MR) is 94.2 cm³/mol. The van der Waals surface area contributed by atoms with Crippen LogP contribution in [0.3, 0.4) is 0 Å². The number of para-hydroxylation sites is 2. The van der Waals surface area contributed by atoms with Crippen LogP contribution in [-0.4, -0.2) is 18.4 Å². The maximum absolute atomic E-state index is 10.0. The second-order valence-corrected chi connectivity index (χ2v) is 5.08. The smallest absolute Gasteiger partial charge is 0.150 e. The summed E-state index contributed by atoms with van der Waals surface area (Å²) in [6.07, 6.45) is 0.833. The lowest BCUT2D eigenvalue weighted by Gasteiger charge is -1.99. The molecule has 0 amide bonds. The van der Waals surface area contributed by atoms with Crippen LogP contribution < -0.4 is 4.74 Å². The van der Waals surface area contributed by atoms with Crippen molar-refractivity contribution in [3.05, 3.63) is 78.4 Å². The second kappa shape index (κ2) is 6.79. The molecular weight excluding hydrogens is 286 g/mol. The molecule has 1 aromatic heterocycles. The van der Waals surface area contributed by atoms with E-state index in [1.165, 1.54) is 10.8 Å². The van der Waals surface area contributed by atoms with Crippen LogP contribution >= 0.6 is 0 Å². The number of hydrogen-bond acceptors (Lipinski definition) is 2. The van der Waals surface area contributed by atoms with E-state index in [2.05, 4.69) is 29.2 Å². The lowest BCUT2D eigenvalue weighted by Crippen LogP contribution is -1.82. The van der Waals surface area contributed by atoms with Crippen LogP contribution in [0.5, 0.6) is 5.75 Å². The summed E-state index contributed by atoms with van der Waals surface area (Å²) in [6, 6.07) is 23.5. The molecule has 4 aromatic rings. The number of benzene rings is 3. The van der Waals surface area contributed by atoms with Gasteiger partial charge >= 0.3 is 0 Å². The molecule has 0 radical (unpaired) electrons. The molecule has 0 saturated carbocycles. The van der Waals surface area contributed by atoms with E-state index in [0.29, 0.717) is 0 Å². The number of H-pyrrole nitrogens is 1. The summed E-state index contributed by atoms with van der Waals surface area (Å²) >= 11 is 0. The van der Waals surface area contributed by atoms with Gasteiger partial charge in [-0.2, -0.15) is 0 Å². The van der Waals surface area contributed by atoms with Gasteiger partial charge in [0.05, 0.1) is 12.6 Å². The number of ether oxygens (including phenoxy) is 1. The highest BCUT2D eigenvalue weighted by Gasteiger charge is 2.06. The molecule has 0 aliphatic heterocycles. The van der Waals surface area contributed by atoms with Gasteiger partial charge in [0.15, 0.2) is 0 Å². The van der Waals surface area contributed by atoms with Crippen LogP contribution in [0.25, 0.3) is 21.8 Å². The topological polar surface area (TPSA) is 42.1 Å². The maximum Gasteiger partial charge on any atom is 0.150 e. The zero-order valence-corrected chi connectivity index (χ0v) is 12.8. The number of aldehydes is 1. The summed E-state index contributed by atoms with van der Waals surface area (Å²) in [6.45, 7) is 0. The number of methoxy groups -OCH3 is 1. The summed E-state index contributed by atoms with van der Waals surface area (Å²) in [5.41, 5.74) is 2.95. The van der Waals surface area contributed by atoms with E-state index in [-0.39, 0.29) is 0 Å². The minimum atomic E-state index is 0.729. The molecule has 3 nitrogen and oxygen atoms in total. The van der Waals surface area contributed by atoms with Crippen LogP contribution in [0, 0.1) is 0 Å². The molecule has 0 atom stereocenters. The quantitative estimate of drug-likeness (QED) is 0.539. The van der Waals surface area contributed by atoms with Gasteiger partial charge in [0.25, 0.3) is 0 Å². The van der Waals surface area contributed by atoms with Gasteiger partial charge in [-0.15, -0.1) is 0 Å². The average Bonchev–Trinajstić information content (AvgIpc) is 3.02. The van der Waals surface area contributed by atoms with Crippen molar-refractivity contribution >= 4 is 28.1 Å². The first kappa shape index (κ1) is 14.9. The molecule has 23 heavy (non-hydrogen) atoms. The first-order valence-electron chi connectivity index (χ1n) is 7.37. The van der Waals surface area contributed by atoms with E-state index in [0.717, 1.165) is 28.6 Å². The number of nitrogens with one attached hydrogen (secondary N) is 1. The maximum atomic E-state index is 10.0. The molecule has 0 spiro atoms. The van der Waals surface area contributed by atoms with Crippen molar-refractivity contribution in [1.82, 2.24) is 4.98 Å². The summed E-state index contributed by atoms with van der Waals surface area (Å²) in [5.74, 6) is 0.892. The highest BCUT2D eigenvalue weighted by molar-refractivity contribution is 6.09. The molecule has 0 saturated heterocycles. The monoisotopic (exact) mass is 303 g/mol. The average molecular weight is 303 g/mol. The lowest BCUT2D eigenvalue weighted by molar-refractivity contribution is 0.112. The largest absolute Gasteiger partial charge is 0.495 e. The molecule has 0 aliphatic rings. The van der Waals surface area contributed by atoms with Crippen molar-refractivity contribution < 1.29 is 9.53 Å². The van der Waals surface area contributed by atoms with Crippen LogP contribution in [0.1, 0.15) is 10.4 Å². The van der Waals surface area contributed by atoms with Crippen LogP contribution in [0.4, 0.5) is 0 Å². The van der Waals surface area contributed by atoms with Crippen molar-refractivity contribution in [1.29, 1.82) is 0 Å². The number of hydrogen-bond donors (Lipinski definition) is 1. The molecule has 114 valence electrons. The number of aromatic amines is 1. The summed E-state index contributed by atoms with van der Waals surface area (Å²) in [7, 11) is 1.69. The fourth-order valence-corrected chi connectivity index (χ4v) is 2.55. The van der Waals surface area contributed by atoms with E-state index in [4.69, 9.17) is 4.74 Å². The standard InChI is InChI=1S/C13H11NO.C7H6O/c1-15-12-8-4-6-10-9-5-2-3-7-11(9)14-13(10)12;8-6-7-4-2-1-3-5-7/h2-8,14H,1H3;1-6H. The molecule has 0 fully saturated rings. The van der Waals surface area contributed by atoms with Gasteiger partial charge in [0.1, 0.15) is 12.0 Å². The van der Waals surface area contributed by atoms with Gasteiger partial charge < -0.3 is 9.72 Å². The Balaban J connectivity index is 0.000000166. The van der Waals surface area contributed by atoms with Crippen LogP contribution in [-0.2, 0) is 0 Å². The van der Waals surface area contributed by atoms with E-state index in [1.807, 2.05) is 36.4 Å². The minimum absolute atomic E-state index is 0.729. The van der Waals surface area contributed by atoms with Gasteiger partial charge in [-0.3, -0.25) is 4.79 Å². The normalized spacial score (nSPS) is 10.1. The number of carbonyl (C=O) groups is 1. The Kier molecular flexibility index (Phi) is 4.39. The van der Waals surface area contributed by atoms with E-state index in [1.54, 1.807) is 19.2 Å². The van der Waals surface area contributed by atoms with Crippen molar-refractivity contribution in [2.24, 2.45) is 0 Å². The minimum Gasteiger partial charge on any atom is -0.495 e. The number of carbonyl (C=O) groups excluding carboxylic acids is 1. The molecule has 3 heteroatoms. The fraction of sp³-hybridized carbons (Fsp3) is 0.0500. The Hall–Kier alpha value is -3.07. The third-order valence-corrected chi connectivity index (χ3v) is 3.66. The fourth-order valence-electron chi connectivity index (χ4n) is 2.55. The van der Waals surface area contributed by atoms with Crippen LogP contribution in [0.15, 0.2) is 72.8 Å². The Morgan fingerprint density at radius 3 is 2.22 bits per heavy atom. The first-order valence-corrected chi connectivity index (χ1v) is 7.37. The van der Waals surface area contributed by atoms with E-state index < -0.39 is 0 Å². The molecule has 0 bridgehead atoms. The van der Waals surface area contributed by atoms with Gasteiger partial charge in [0, 0.05) is 21.9 Å². The van der Waals surface area contributed by atoms with Crippen molar-refractivity contribution in [2.45, 2.75) is 0 Å². The molecule has 3 aromatic carbocycles. The summed E-state index contributed by atoms with van der Waals surface area (Å²) < 4.78 is 5.33. The Labute approximate surface area is 134 Å².